The fraction of sp³-hybridized carbons (Fsp3) is 0.417. The number of hydrogen-bond donors (Lipinski definition) is 0. The van der Waals surface area contributed by atoms with E-state index in [4.69, 9.17) is 0 Å². The normalized spacial score (nSPS) is 10.2. The Labute approximate surface area is 93.9 Å². The molecule has 0 atom stereocenters. The maximum atomic E-state index is 13.3. The molecule has 2 nitrogen and oxygen atoms in total. The minimum Gasteiger partial charge on any atom is -0.339 e. The number of nitrogens with zero attached hydrogens (tertiary/aromatic N) is 1. The molecule has 16 heavy (non-hydrogen) atoms. The van der Waals surface area contributed by atoms with Crippen LogP contribution in [0.1, 0.15) is 25.8 Å². The number of halogens is 2. The highest BCUT2D eigenvalue weighted by Gasteiger charge is 2.12. The molecule has 1 amide bonds. The van der Waals surface area contributed by atoms with Gasteiger partial charge in [-0.3, -0.25) is 4.79 Å². The SMILES string of the molecule is CCC(=O)N(CC)Cc1ccc(F)cc1F. The second-order valence-corrected chi connectivity index (χ2v) is 3.50. The fourth-order valence-electron chi connectivity index (χ4n) is 1.46. The van der Waals surface area contributed by atoms with Crippen molar-refractivity contribution in [1.29, 1.82) is 0 Å². The molecule has 1 rings (SSSR count). The first kappa shape index (κ1) is 12.6. The standard InChI is InChI=1S/C12H15F2NO/c1-3-12(16)15(4-2)8-9-5-6-10(13)7-11(9)14/h5-7H,3-4,8H2,1-2H3. The summed E-state index contributed by atoms with van der Waals surface area (Å²) in [5.41, 5.74) is 0.338. The lowest BCUT2D eigenvalue weighted by Crippen LogP contribution is -2.29. The lowest BCUT2D eigenvalue weighted by Gasteiger charge is -2.20. The number of hydrogen-bond acceptors (Lipinski definition) is 1. The van der Waals surface area contributed by atoms with Gasteiger partial charge in [0.1, 0.15) is 11.6 Å². The highest BCUT2D eigenvalue weighted by molar-refractivity contribution is 5.75. The van der Waals surface area contributed by atoms with Gasteiger partial charge in [-0.25, -0.2) is 8.78 Å². The Kier molecular flexibility index (Phi) is 4.40. The molecule has 0 radical (unpaired) electrons. The van der Waals surface area contributed by atoms with Gasteiger partial charge in [0.05, 0.1) is 0 Å². The smallest absolute Gasteiger partial charge is 0.222 e. The van der Waals surface area contributed by atoms with Gasteiger partial charge >= 0.3 is 0 Å². The maximum absolute atomic E-state index is 13.3. The van der Waals surface area contributed by atoms with Crippen molar-refractivity contribution < 1.29 is 13.6 Å². The third-order valence-corrected chi connectivity index (χ3v) is 2.41. The molecule has 0 heterocycles. The maximum Gasteiger partial charge on any atom is 0.222 e. The molecule has 1 aromatic rings. The van der Waals surface area contributed by atoms with Crippen molar-refractivity contribution in [2.24, 2.45) is 0 Å². The summed E-state index contributed by atoms with van der Waals surface area (Å²) in [4.78, 5) is 13.0. The van der Waals surface area contributed by atoms with Gasteiger partial charge in [-0.15, -0.1) is 0 Å². The van der Waals surface area contributed by atoms with Crippen LogP contribution in [0.15, 0.2) is 18.2 Å². The summed E-state index contributed by atoms with van der Waals surface area (Å²) in [6.45, 7) is 4.29. The van der Waals surface area contributed by atoms with E-state index in [0.29, 0.717) is 18.5 Å². The molecule has 0 N–H and O–H groups in total. The van der Waals surface area contributed by atoms with Crippen LogP contribution in [0, 0.1) is 11.6 Å². The number of carbonyl (C=O) groups is 1. The second-order valence-electron chi connectivity index (χ2n) is 3.50. The first-order valence-corrected chi connectivity index (χ1v) is 5.30. The van der Waals surface area contributed by atoms with Gasteiger partial charge in [-0.2, -0.15) is 0 Å². The molecule has 0 bridgehead atoms. The van der Waals surface area contributed by atoms with Crippen LogP contribution in [-0.2, 0) is 11.3 Å². The molecule has 0 aliphatic carbocycles. The first-order chi connectivity index (χ1) is 7.58. The van der Waals surface area contributed by atoms with Crippen molar-refractivity contribution in [2.75, 3.05) is 6.54 Å². The molecule has 0 aromatic heterocycles. The summed E-state index contributed by atoms with van der Waals surface area (Å²) in [6, 6.07) is 3.40. The largest absolute Gasteiger partial charge is 0.339 e. The van der Waals surface area contributed by atoms with E-state index in [0.717, 1.165) is 6.07 Å². The van der Waals surface area contributed by atoms with Crippen LogP contribution in [0.5, 0.6) is 0 Å². The minimum atomic E-state index is -0.609. The first-order valence-electron chi connectivity index (χ1n) is 5.30. The van der Waals surface area contributed by atoms with Gasteiger partial charge < -0.3 is 4.90 Å². The lowest BCUT2D eigenvalue weighted by molar-refractivity contribution is -0.131. The van der Waals surface area contributed by atoms with Gasteiger partial charge in [0.2, 0.25) is 5.91 Å². The van der Waals surface area contributed by atoms with Crippen LogP contribution >= 0.6 is 0 Å². The predicted octanol–water partition coefficient (Wildman–Crippen LogP) is 2.72. The Hall–Kier alpha value is -1.45. The zero-order chi connectivity index (χ0) is 12.1. The number of amides is 1. The van der Waals surface area contributed by atoms with Gasteiger partial charge in [-0.1, -0.05) is 13.0 Å². The Bertz CT molecular complexity index is 379. The quantitative estimate of drug-likeness (QED) is 0.774. The van der Waals surface area contributed by atoms with Crippen molar-refractivity contribution in [2.45, 2.75) is 26.8 Å². The van der Waals surface area contributed by atoms with Crippen LogP contribution in [0.25, 0.3) is 0 Å². The summed E-state index contributed by atoms with van der Waals surface area (Å²) < 4.78 is 26.0. The zero-order valence-electron chi connectivity index (χ0n) is 9.46. The summed E-state index contributed by atoms with van der Waals surface area (Å²) in [5.74, 6) is -1.25. The molecule has 1 aromatic carbocycles. The minimum absolute atomic E-state index is 0.0359. The predicted molar refractivity (Wildman–Crippen MR) is 57.7 cm³/mol. The molecule has 4 heteroatoms. The van der Waals surface area contributed by atoms with E-state index in [2.05, 4.69) is 0 Å². The van der Waals surface area contributed by atoms with Crippen LogP contribution < -0.4 is 0 Å². The molecular formula is C12H15F2NO. The molecule has 0 spiro atoms. The third kappa shape index (κ3) is 3.02. The van der Waals surface area contributed by atoms with Gasteiger partial charge in [0.25, 0.3) is 0 Å². The Morgan fingerprint density at radius 2 is 2.00 bits per heavy atom. The van der Waals surface area contributed by atoms with Crippen molar-refractivity contribution >= 4 is 5.91 Å². The van der Waals surface area contributed by atoms with Crippen molar-refractivity contribution in [3.8, 4) is 0 Å². The van der Waals surface area contributed by atoms with Gasteiger partial charge in [-0.05, 0) is 13.0 Å². The average Bonchev–Trinajstić information content (AvgIpc) is 2.27. The van der Waals surface area contributed by atoms with E-state index in [1.165, 1.54) is 17.0 Å². The van der Waals surface area contributed by atoms with Crippen molar-refractivity contribution in [1.82, 2.24) is 4.90 Å². The Balaban J connectivity index is 2.82. The highest BCUT2D eigenvalue weighted by Crippen LogP contribution is 2.12. The molecule has 0 fully saturated rings. The second kappa shape index (κ2) is 5.58. The van der Waals surface area contributed by atoms with Crippen molar-refractivity contribution in [3.05, 3.63) is 35.4 Å². The summed E-state index contributed by atoms with van der Waals surface area (Å²) in [7, 11) is 0. The van der Waals surface area contributed by atoms with E-state index in [9.17, 15) is 13.6 Å². The van der Waals surface area contributed by atoms with Crippen molar-refractivity contribution in [3.63, 3.8) is 0 Å². The lowest BCUT2D eigenvalue weighted by atomic mass is 10.2. The van der Waals surface area contributed by atoms with E-state index < -0.39 is 11.6 Å². The Morgan fingerprint density at radius 1 is 1.31 bits per heavy atom. The average molecular weight is 227 g/mol. The highest BCUT2D eigenvalue weighted by atomic mass is 19.1. The Morgan fingerprint density at radius 3 is 2.50 bits per heavy atom. The molecular weight excluding hydrogens is 212 g/mol. The van der Waals surface area contributed by atoms with Crippen LogP contribution in [0.4, 0.5) is 8.78 Å². The molecule has 0 unspecified atom stereocenters. The molecule has 0 saturated heterocycles. The van der Waals surface area contributed by atoms with E-state index in [-0.39, 0.29) is 12.5 Å². The van der Waals surface area contributed by atoms with E-state index in [1.807, 2.05) is 6.92 Å². The topological polar surface area (TPSA) is 20.3 Å². The molecule has 0 aliphatic rings. The zero-order valence-corrected chi connectivity index (χ0v) is 9.46. The molecule has 88 valence electrons. The third-order valence-electron chi connectivity index (χ3n) is 2.41. The number of benzene rings is 1. The molecule has 0 aliphatic heterocycles. The molecule has 0 saturated carbocycles. The van der Waals surface area contributed by atoms with Gasteiger partial charge in [0, 0.05) is 31.1 Å². The fourth-order valence-corrected chi connectivity index (χ4v) is 1.46. The summed E-state index contributed by atoms with van der Waals surface area (Å²) in [5, 5.41) is 0. The number of carbonyl (C=O) groups excluding carboxylic acids is 1. The van der Waals surface area contributed by atoms with E-state index >= 15 is 0 Å². The monoisotopic (exact) mass is 227 g/mol. The summed E-state index contributed by atoms with van der Waals surface area (Å²) in [6.07, 6.45) is 0.386. The van der Waals surface area contributed by atoms with Crippen LogP contribution in [0.2, 0.25) is 0 Å². The van der Waals surface area contributed by atoms with Crippen LogP contribution in [0.3, 0.4) is 0 Å². The van der Waals surface area contributed by atoms with Gasteiger partial charge in [0.15, 0.2) is 0 Å². The van der Waals surface area contributed by atoms with E-state index in [1.54, 1.807) is 6.92 Å². The van der Waals surface area contributed by atoms with Crippen LogP contribution in [-0.4, -0.2) is 17.4 Å². The number of rotatable bonds is 4. The summed E-state index contributed by atoms with van der Waals surface area (Å²) >= 11 is 0.